The second kappa shape index (κ2) is 15.7. The number of ketones is 1. The molecule has 0 amide bonds. The van der Waals surface area contributed by atoms with Gasteiger partial charge in [-0.05, 0) is 56.8 Å². The SMILES string of the molecule is O=C(C1CC1)C(c1ccccc1F)N1CCC(S)/C(=C/CN2CCCCC2)C1.O=C(O)C(F)(F)F.O=C(O)C(F)(F)F. The summed E-state index contributed by atoms with van der Waals surface area (Å²) in [6.45, 7) is 4.79. The molecule has 2 saturated heterocycles. The fourth-order valence-corrected chi connectivity index (χ4v) is 4.82. The quantitative estimate of drug-likeness (QED) is 0.216. The van der Waals surface area contributed by atoms with Crippen LogP contribution in [0.2, 0.25) is 0 Å². The molecule has 7 nitrogen and oxygen atoms in total. The van der Waals surface area contributed by atoms with Crippen molar-refractivity contribution in [2.24, 2.45) is 5.92 Å². The van der Waals surface area contributed by atoms with E-state index in [9.17, 15) is 35.5 Å². The molecule has 1 saturated carbocycles. The van der Waals surface area contributed by atoms with E-state index in [0.717, 1.165) is 32.4 Å². The number of piperidine rings is 2. The number of carboxylic acid groups (broad SMARTS) is 2. The maximum absolute atomic E-state index is 14.6. The lowest BCUT2D eigenvalue weighted by molar-refractivity contribution is -0.193. The van der Waals surface area contributed by atoms with Crippen LogP contribution in [0.5, 0.6) is 0 Å². The first-order chi connectivity index (χ1) is 19.5. The highest BCUT2D eigenvalue weighted by atomic mass is 32.1. The van der Waals surface area contributed by atoms with Crippen LogP contribution in [0.15, 0.2) is 35.9 Å². The van der Waals surface area contributed by atoms with Gasteiger partial charge >= 0.3 is 24.3 Å². The summed E-state index contributed by atoms with van der Waals surface area (Å²) in [6.07, 6.45) is -1.15. The van der Waals surface area contributed by atoms with E-state index in [2.05, 4.69) is 15.9 Å². The third-order valence-corrected chi connectivity index (χ3v) is 7.45. The van der Waals surface area contributed by atoms with Crippen LogP contribution in [0.4, 0.5) is 30.7 Å². The number of carbonyl (C=O) groups is 3. The first-order valence-corrected chi connectivity index (χ1v) is 13.8. The highest BCUT2D eigenvalue weighted by Crippen LogP contribution is 2.39. The van der Waals surface area contributed by atoms with Gasteiger partial charge in [0.1, 0.15) is 5.82 Å². The maximum atomic E-state index is 14.6. The lowest BCUT2D eigenvalue weighted by Crippen LogP contribution is -2.43. The molecule has 1 aromatic carbocycles. The summed E-state index contributed by atoms with van der Waals surface area (Å²) in [5.41, 5.74) is 1.82. The van der Waals surface area contributed by atoms with Crippen molar-refractivity contribution in [3.63, 3.8) is 0 Å². The molecule has 236 valence electrons. The normalized spacial score (nSPS) is 21.8. The van der Waals surface area contributed by atoms with Gasteiger partial charge in [0, 0.05) is 36.4 Å². The summed E-state index contributed by atoms with van der Waals surface area (Å²) in [7, 11) is 0. The highest BCUT2D eigenvalue weighted by molar-refractivity contribution is 7.81. The van der Waals surface area contributed by atoms with Crippen molar-refractivity contribution >= 4 is 30.4 Å². The topological polar surface area (TPSA) is 98.2 Å². The van der Waals surface area contributed by atoms with Gasteiger partial charge in [-0.1, -0.05) is 30.7 Å². The standard InChI is InChI=1S/C23H31FN2OS.2C2HF3O2/c24-20-7-3-2-6-19(20)22(23(27)17-8-9-17)26-15-11-21(28)18(16-26)10-14-25-12-4-1-5-13-25;2*3-2(4,5)1(6)7/h2-3,6-7,10,17,21-22,28H,1,4-5,8-9,11-16H2;2*(H,6,7)/b18-10+;;. The van der Waals surface area contributed by atoms with Gasteiger partial charge in [0.15, 0.2) is 5.78 Å². The fraction of sp³-hybridized carbons (Fsp3) is 0.593. The van der Waals surface area contributed by atoms with Crippen LogP contribution in [0.25, 0.3) is 0 Å². The van der Waals surface area contributed by atoms with Crippen LogP contribution in [-0.4, -0.2) is 88.1 Å². The Morgan fingerprint density at radius 2 is 1.43 bits per heavy atom. The van der Waals surface area contributed by atoms with Crippen molar-refractivity contribution in [2.45, 2.75) is 62.2 Å². The Morgan fingerprint density at radius 3 is 1.90 bits per heavy atom. The average molecular weight is 631 g/mol. The number of aliphatic carboxylic acids is 2. The predicted octanol–water partition coefficient (Wildman–Crippen LogP) is 5.53. The number of hydrogen-bond acceptors (Lipinski definition) is 6. The van der Waals surface area contributed by atoms with Gasteiger partial charge < -0.3 is 10.2 Å². The third kappa shape index (κ3) is 11.6. The molecule has 2 aliphatic heterocycles. The average Bonchev–Trinajstić information content (AvgIpc) is 3.76. The molecule has 15 heteroatoms. The van der Waals surface area contributed by atoms with E-state index in [-0.39, 0.29) is 22.8 Å². The van der Waals surface area contributed by atoms with E-state index in [1.807, 2.05) is 6.07 Å². The zero-order valence-electron chi connectivity index (χ0n) is 22.5. The minimum Gasteiger partial charge on any atom is -0.475 e. The van der Waals surface area contributed by atoms with E-state index in [4.69, 9.17) is 32.4 Å². The molecule has 2 heterocycles. The predicted molar refractivity (Wildman–Crippen MR) is 142 cm³/mol. The molecule has 4 rings (SSSR count). The second-order valence-electron chi connectivity index (χ2n) is 10.1. The van der Waals surface area contributed by atoms with E-state index in [0.29, 0.717) is 12.1 Å². The van der Waals surface area contributed by atoms with Gasteiger partial charge in [-0.2, -0.15) is 39.0 Å². The molecule has 2 unspecified atom stereocenters. The molecule has 0 spiro atoms. The molecule has 3 aliphatic rings. The Kier molecular flexibility index (Phi) is 13.3. The number of carbonyl (C=O) groups excluding carboxylic acids is 1. The number of nitrogens with zero attached hydrogens (tertiary/aromatic N) is 2. The van der Waals surface area contributed by atoms with E-state index in [1.54, 1.807) is 12.1 Å². The smallest absolute Gasteiger partial charge is 0.475 e. The summed E-state index contributed by atoms with van der Waals surface area (Å²) in [6, 6.07) is 6.32. The van der Waals surface area contributed by atoms with Gasteiger partial charge in [0.25, 0.3) is 0 Å². The Labute approximate surface area is 243 Å². The van der Waals surface area contributed by atoms with Gasteiger partial charge in [-0.3, -0.25) is 14.6 Å². The van der Waals surface area contributed by atoms with Crippen molar-refractivity contribution in [3.05, 3.63) is 47.3 Å². The largest absolute Gasteiger partial charge is 0.490 e. The summed E-state index contributed by atoms with van der Waals surface area (Å²) in [5.74, 6) is -5.48. The van der Waals surface area contributed by atoms with Crippen LogP contribution in [0.3, 0.4) is 0 Å². The van der Waals surface area contributed by atoms with E-state index in [1.165, 1.54) is 44.0 Å². The van der Waals surface area contributed by atoms with Gasteiger partial charge in [0.2, 0.25) is 0 Å². The monoisotopic (exact) mass is 630 g/mol. The lowest BCUT2D eigenvalue weighted by Gasteiger charge is -2.38. The minimum absolute atomic E-state index is 0.110. The number of hydrogen-bond donors (Lipinski definition) is 3. The highest BCUT2D eigenvalue weighted by Gasteiger charge is 2.41. The molecular formula is C27H33F7N2O5S. The van der Waals surface area contributed by atoms with Crippen LogP contribution in [-0.2, 0) is 14.4 Å². The Morgan fingerprint density at radius 1 is 0.905 bits per heavy atom. The zero-order chi connectivity index (χ0) is 31.7. The summed E-state index contributed by atoms with van der Waals surface area (Å²) < 4.78 is 78.1. The molecule has 2 atom stereocenters. The molecule has 0 bridgehead atoms. The van der Waals surface area contributed by atoms with Crippen LogP contribution >= 0.6 is 12.6 Å². The first-order valence-electron chi connectivity index (χ1n) is 13.2. The maximum Gasteiger partial charge on any atom is 0.490 e. The number of carboxylic acids is 2. The second-order valence-corrected chi connectivity index (χ2v) is 10.7. The Balaban J connectivity index is 0.000000367. The first kappa shape index (κ1) is 35.5. The number of likely N-dealkylation sites (tertiary alicyclic amines) is 2. The molecule has 3 fully saturated rings. The van der Waals surface area contributed by atoms with Crippen molar-refractivity contribution < 1.29 is 55.3 Å². The van der Waals surface area contributed by atoms with Crippen molar-refractivity contribution in [1.29, 1.82) is 0 Å². The van der Waals surface area contributed by atoms with E-state index >= 15 is 0 Å². The van der Waals surface area contributed by atoms with Gasteiger partial charge in [0.05, 0.1) is 6.04 Å². The Bertz CT molecular complexity index is 1080. The van der Waals surface area contributed by atoms with Crippen LogP contribution in [0.1, 0.15) is 50.1 Å². The minimum atomic E-state index is -5.08. The molecule has 0 aromatic heterocycles. The number of alkyl halides is 6. The lowest BCUT2D eigenvalue weighted by atomic mass is 9.93. The molecule has 1 aliphatic carbocycles. The molecule has 2 N–H and O–H groups in total. The van der Waals surface area contributed by atoms with Crippen molar-refractivity contribution in [2.75, 3.05) is 32.7 Å². The summed E-state index contributed by atoms with van der Waals surface area (Å²) in [4.78, 5) is 35.6. The molecule has 0 radical (unpaired) electrons. The van der Waals surface area contributed by atoms with Crippen molar-refractivity contribution in [3.8, 4) is 0 Å². The van der Waals surface area contributed by atoms with Crippen LogP contribution < -0.4 is 0 Å². The molecule has 1 aromatic rings. The third-order valence-electron chi connectivity index (χ3n) is 6.86. The molecular weight excluding hydrogens is 597 g/mol. The number of halogens is 7. The van der Waals surface area contributed by atoms with Crippen molar-refractivity contribution in [1.82, 2.24) is 9.80 Å². The van der Waals surface area contributed by atoms with Gasteiger partial charge in [-0.25, -0.2) is 14.0 Å². The van der Waals surface area contributed by atoms with E-state index < -0.39 is 30.3 Å². The Hall–Kier alpha value is -2.65. The summed E-state index contributed by atoms with van der Waals surface area (Å²) in [5, 5.41) is 14.5. The zero-order valence-corrected chi connectivity index (χ0v) is 23.4. The van der Waals surface area contributed by atoms with Gasteiger partial charge in [-0.15, -0.1) is 0 Å². The molecule has 42 heavy (non-hydrogen) atoms. The fourth-order valence-electron chi connectivity index (χ4n) is 4.52. The van der Waals surface area contributed by atoms with Crippen LogP contribution in [0, 0.1) is 11.7 Å². The number of benzene rings is 1. The summed E-state index contributed by atoms with van der Waals surface area (Å²) >= 11 is 4.80. The number of thiol groups is 1. The number of Topliss-reactive ketones (excluding diaryl/α,β-unsaturated/α-hetero) is 1. The number of rotatable bonds is 6.